The van der Waals surface area contributed by atoms with E-state index in [-0.39, 0.29) is 0 Å². The Morgan fingerprint density at radius 3 is 1.34 bits per heavy atom. The van der Waals surface area contributed by atoms with Crippen molar-refractivity contribution in [2.45, 2.75) is 0 Å². The van der Waals surface area contributed by atoms with Crippen molar-refractivity contribution in [1.82, 2.24) is 19.9 Å². The van der Waals surface area contributed by atoms with Crippen molar-refractivity contribution in [3.63, 3.8) is 0 Å². The molecule has 0 saturated heterocycles. The van der Waals surface area contributed by atoms with E-state index < -0.39 is 0 Å². The Hall–Kier alpha value is -7.82. The maximum atomic E-state index is 5.16. The fourth-order valence-electron chi connectivity index (χ4n) is 8.08. The molecule has 0 atom stereocenters. The van der Waals surface area contributed by atoms with E-state index in [4.69, 9.17) is 19.9 Å². The molecular weight excluding hydrogens is 705 g/mol. The molecule has 4 heteroatoms. The molecule has 0 saturated carbocycles. The average molecular weight is 739 g/mol. The first-order valence-electron chi connectivity index (χ1n) is 19.5. The first-order valence-corrected chi connectivity index (χ1v) is 19.5. The van der Waals surface area contributed by atoms with Crippen LogP contribution in [0.4, 0.5) is 0 Å². The number of benzene rings is 9. The van der Waals surface area contributed by atoms with Gasteiger partial charge in [0.05, 0.1) is 11.2 Å². The second kappa shape index (κ2) is 14.0. The van der Waals surface area contributed by atoms with E-state index in [1.54, 1.807) is 0 Å². The standard InChI is InChI=1S/C54H34N4/c1-3-13-38(14-4-1)48-34-50(39-15-5-2-6-16-39)55-49-30-28-44-31-43(27-29-47(44)51(48)49)37-19-23-40(24-20-37)52-56-53(45-25-21-35-11-7-9-17-41(35)32-45)58-54(57-52)46-26-22-36-12-8-10-18-42(36)33-46/h1-34H. The van der Waals surface area contributed by atoms with Crippen LogP contribution in [0, 0.1) is 0 Å². The van der Waals surface area contributed by atoms with Crippen LogP contribution in [-0.2, 0) is 0 Å². The molecular formula is C54H34N4. The summed E-state index contributed by atoms with van der Waals surface area (Å²) in [7, 11) is 0. The van der Waals surface area contributed by atoms with Crippen molar-refractivity contribution in [2.75, 3.05) is 0 Å². The summed E-state index contributed by atoms with van der Waals surface area (Å²) < 4.78 is 0. The molecule has 0 fully saturated rings. The van der Waals surface area contributed by atoms with Crippen molar-refractivity contribution in [3.05, 3.63) is 206 Å². The van der Waals surface area contributed by atoms with Crippen molar-refractivity contribution in [3.8, 4) is 67.7 Å². The van der Waals surface area contributed by atoms with Gasteiger partial charge in [0.25, 0.3) is 0 Å². The summed E-state index contributed by atoms with van der Waals surface area (Å²) in [5.41, 5.74) is 10.5. The summed E-state index contributed by atoms with van der Waals surface area (Å²) in [6.45, 7) is 0. The zero-order valence-corrected chi connectivity index (χ0v) is 31.4. The Bertz CT molecular complexity index is 3220. The minimum absolute atomic E-state index is 0.633. The van der Waals surface area contributed by atoms with Gasteiger partial charge in [-0.3, -0.25) is 0 Å². The Morgan fingerprint density at radius 2 is 0.724 bits per heavy atom. The summed E-state index contributed by atoms with van der Waals surface area (Å²) in [6, 6.07) is 72.4. The molecule has 270 valence electrons. The van der Waals surface area contributed by atoms with E-state index >= 15 is 0 Å². The lowest BCUT2D eigenvalue weighted by Gasteiger charge is -2.14. The van der Waals surface area contributed by atoms with E-state index in [0.717, 1.165) is 66.1 Å². The van der Waals surface area contributed by atoms with Crippen LogP contribution in [-0.4, -0.2) is 19.9 Å². The van der Waals surface area contributed by atoms with Gasteiger partial charge in [0, 0.05) is 27.6 Å². The van der Waals surface area contributed by atoms with Crippen molar-refractivity contribution < 1.29 is 0 Å². The van der Waals surface area contributed by atoms with Gasteiger partial charge in [-0.05, 0) is 84.9 Å². The number of hydrogen-bond acceptors (Lipinski definition) is 4. The van der Waals surface area contributed by atoms with Crippen LogP contribution in [0.3, 0.4) is 0 Å². The molecule has 58 heavy (non-hydrogen) atoms. The highest BCUT2D eigenvalue weighted by Gasteiger charge is 2.16. The zero-order valence-electron chi connectivity index (χ0n) is 31.4. The van der Waals surface area contributed by atoms with Gasteiger partial charge in [-0.25, -0.2) is 19.9 Å². The van der Waals surface area contributed by atoms with E-state index in [2.05, 4.69) is 200 Å². The molecule has 0 spiro atoms. The predicted molar refractivity (Wildman–Crippen MR) is 240 cm³/mol. The lowest BCUT2D eigenvalue weighted by atomic mass is 9.93. The third kappa shape index (κ3) is 6.14. The molecule has 4 nitrogen and oxygen atoms in total. The van der Waals surface area contributed by atoms with E-state index in [9.17, 15) is 0 Å². The monoisotopic (exact) mass is 738 g/mol. The van der Waals surface area contributed by atoms with E-state index in [1.807, 2.05) is 6.07 Å². The van der Waals surface area contributed by atoms with Gasteiger partial charge >= 0.3 is 0 Å². The van der Waals surface area contributed by atoms with Gasteiger partial charge in [0.2, 0.25) is 0 Å². The highest BCUT2D eigenvalue weighted by atomic mass is 15.0. The largest absolute Gasteiger partial charge is 0.248 e. The average Bonchev–Trinajstić information content (AvgIpc) is 3.31. The first-order chi connectivity index (χ1) is 28.7. The topological polar surface area (TPSA) is 51.6 Å². The Morgan fingerprint density at radius 1 is 0.259 bits per heavy atom. The maximum Gasteiger partial charge on any atom is 0.164 e. The Kier molecular flexibility index (Phi) is 8.11. The van der Waals surface area contributed by atoms with Crippen molar-refractivity contribution >= 4 is 43.2 Å². The number of pyridine rings is 1. The molecule has 9 aromatic carbocycles. The van der Waals surface area contributed by atoms with Gasteiger partial charge < -0.3 is 0 Å². The smallest absolute Gasteiger partial charge is 0.164 e. The molecule has 0 unspecified atom stereocenters. The minimum Gasteiger partial charge on any atom is -0.248 e. The van der Waals surface area contributed by atoms with Crippen molar-refractivity contribution in [1.29, 1.82) is 0 Å². The highest BCUT2D eigenvalue weighted by Crippen LogP contribution is 2.38. The summed E-state index contributed by atoms with van der Waals surface area (Å²) >= 11 is 0. The highest BCUT2D eigenvalue weighted by molar-refractivity contribution is 6.14. The molecule has 0 N–H and O–H groups in total. The van der Waals surface area contributed by atoms with Crippen LogP contribution in [0.2, 0.25) is 0 Å². The quantitative estimate of drug-likeness (QED) is 0.159. The first kappa shape index (κ1) is 33.5. The van der Waals surface area contributed by atoms with Crippen molar-refractivity contribution in [2.24, 2.45) is 0 Å². The summed E-state index contributed by atoms with van der Waals surface area (Å²) in [5.74, 6) is 1.92. The SMILES string of the molecule is c1ccc(-c2cc(-c3ccccc3)c3c(ccc4cc(-c5ccc(-c6nc(-c7ccc8ccccc8c7)nc(-c7ccc8ccccc8c7)n6)cc5)ccc43)n2)cc1. The number of rotatable bonds is 6. The summed E-state index contributed by atoms with van der Waals surface area (Å²) in [6.07, 6.45) is 0. The fourth-order valence-corrected chi connectivity index (χ4v) is 8.08. The molecule has 11 rings (SSSR count). The van der Waals surface area contributed by atoms with Gasteiger partial charge in [0.1, 0.15) is 0 Å². The summed E-state index contributed by atoms with van der Waals surface area (Å²) in [4.78, 5) is 20.4. The lowest BCUT2D eigenvalue weighted by Crippen LogP contribution is -2.00. The minimum atomic E-state index is 0.633. The third-order valence-electron chi connectivity index (χ3n) is 11.1. The van der Waals surface area contributed by atoms with E-state index in [1.165, 1.54) is 27.3 Å². The molecule has 0 aliphatic rings. The van der Waals surface area contributed by atoms with Gasteiger partial charge in [-0.1, -0.05) is 176 Å². The number of aromatic nitrogens is 4. The molecule has 0 amide bonds. The fraction of sp³-hybridized carbons (Fsp3) is 0. The summed E-state index contributed by atoms with van der Waals surface area (Å²) in [5, 5.41) is 8.15. The second-order valence-electron chi connectivity index (χ2n) is 14.7. The maximum absolute atomic E-state index is 5.16. The molecule has 0 bridgehead atoms. The Balaban J connectivity index is 0.992. The lowest BCUT2D eigenvalue weighted by molar-refractivity contribution is 1.08. The van der Waals surface area contributed by atoms with E-state index in [0.29, 0.717) is 17.5 Å². The third-order valence-corrected chi connectivity index (χ3v) is 11.1. The number of nitrogens with zero attached hydrogens (tertiary/aromatic N) is 4. The van der Waals surface area contributed by atoms with Gasteiger partial charge in [0.15, 0.2) is 17.5 Å². The van der Waals surface area contributed by atoms with Crippen LogP contribution >= 0.6 is 0 Å². The van der Waals surface area contributed by atoms with Gasteiger partial charge in [-0.2, -0.15) is 0 Å². The second-order valence-corrected chi connectivity index (χ2v) is 14.7. The normalized spacial score (nSPS) is 11.4. The number of hydrogen-bond donors (Lipinski definition) is 0. The molecule has 2 aromatic heterocycles. The number of fused-ring (bicyclic) bond motifs is 5. The van der Waals surface area contributed by atoms with Crippen LogP contribution in [0.15, 0.2) is 206 Å². The van der Waals surface area contributed by atoms with Crippen LogP contribution in [0.1, 0.15) is 0 Å². The molecule has 0 aliphatic carbocycles. The molecule has 2 heterocycles. The van der Waals surface area contributed by atoms with Gasteiger partial charge in [-0.15, -0.1) is 0 Å². The molecule has 11 aromatic rings. The molecule has 0 aliphatic heterocycles. The molecule has 0 radical (unpaired) electrons. The predicted octanol–water partition coefficient (Wildman–Crippen LogP) is 13.9. The zero-order chi connectivity index (χ0) is 38.4. The Labute approximate surface area is 335 Å². The van der Waals surface area contributed by atoms with Crippen LogP contribution < -0.4 is 0 Å². The van der Waals surface area contributed by atoms with Crippen LogP contribution in [0.5, 0.6) is 0 Å². The van der Waals surface area contributed by atoms with Crippen LogP contribution in [0.25, 0.3) is 111 Å².